The third-order valence-corrected chi connectivity index (χ3v) is 1.81. The minimum atomic E-state index is -0.0775. The highest BCUT2D eigenvalue weighted by molar-refractivity contribution is 5.85. The van der Waals surface area contributed by atoms with Crippen LogP contribution in [0.15, 0.2) is 4.99 Å². The molecule has 1 heterocycles. The first-order valence-electron chi connectivity index (χ1n) is 4.15. The molecular formula is C9H19ClN2. The fraction of sp³-hybridized carbons (Fsp3) is 0.889. The molecule has 12 heavy (non-hydrogen) atoms. The van der Waals surface area contributed by atoms with E-state index in [0.29, 0.717) is 0 Å². The van der Waals surface area contributed by atoms with Crippen LogP contribution in [0.2, 0.25) is 0 Å². The van der Waals surface area contributed by atoms with Crippen LogP contribution in [0.3, 0.4) is 0 Å². The van der Waals surface area contributed by atoms with Crippen molar-refractivity contribution in [3.63, 3.8) is 0 Å². The van der Waals surface area contributed by atoms with Crippen LogP contribution in [0.25, 0.3) is 0 Å². The highest BCUT2D eigenvalue weighted by Crippen LogP contribution is 2.22. The summed E-state index contributed by atoms with van der Waals surface area (Å²) in [5.74, 6) is 0. The van der Waals surface area contributed by atoms with Crippen LogP contribution in [0.5, 0.6) is 0 Å². The zero-order chi connectivity index (χ0) is 8.70. The van der Waals surface area contributed by atoms with Crippen molar-refractivity contribution >= 4 is 18.1 Å². The molecule has 1 rings (SSSR count). The lowest BCUT2D eigenvalue weighted by Crippen LogP contribution is -2.55. The van der Waals surface area contributed by atoms with Gasteiger partial charge >= 0.3 is 0 Å². The Balaban J connectivity index is 0.00000121. The fourth-order valence-corrected chi connectivity index (χ4v) is 2.06. The van der Waals surface area contributed by atoms with Crippen LogP contribution in [-0.2, 0) is 0 Å². The molecule has 0 amide bonds. The molecule has 0 aliphatic carbocycles. The van der Waals surface area contributed by atoms with E-state index in [-0.39, 0.29) is 23.6 Å². The summed E-state index contributed by atoms with van der Waals surface area (Å²) >= 11 is 0. The number of aliphatic imine (C=N–C) groups is 1. The summed E-state index contributed by atoms with van der Waals surface area (Å²) in [7, 11) is 0. The molecule has 72 valence electrons. The molecule has 1 aliphatic rings. The summed E-state index contributed by atoms with van der Waals surface area (Å²) in [6.07, 6.45) is 1.05. The number of nitrogens with zero attached hydrogens (tertiary/aromatic N) is 1. The maximum Gasteiger partial charge on any atom is 0.105 e. The second-order valence-electron chi connectivity index (χ2n) is 4.59. The normalized spacial score (nSPS) is 25.6. The molecule has 0 saturated carbocycles. The zero-order valence-electron chi connectivity index (χ0n) is 8.56. The summed E-state index contributed by atoms with van der Waals surface area (Å²) in [6, 6.07) is 0. The van der Waals surface area contributed by atoms with Gasteiger partial charge in [0.2, 0.25) is 0 Å². The molecule has 3 heteroatoms. The molecule has 0 radical (unpaired) electrons. The average molecular weight is 191 g/mol. The lowest BCUT2D eigenvalue weighted by molar-refractivity contribution is 0.261. The summed E-state index contributed by atoms with van der Waals surface area (Å²) in [6.45, 7) is 10.7. The maximum absolute atomic E-state index is 4.52. The number of hydrogen-bond acceptors (Lipinski definition) is 2. The molecule has 1 N–H and O–H groups in total. The molecule has 1 aliphatic heterocycles. The zero-order valence-corrected chi connectivity index (χ0v) is 9.38. The molecule has 0 unspecified atom stereocenters. The standard InChI is InChI=1S/C9H18N2.ClH/c1-7-6-8(2,3)11-9(4,5)10-7;/h11H,6H2,1-5H3;1H. The Labute approximate surface area is 81.3 Å². The average Bonchev–Trinajstić information content (AvgIpc) is 1.49. The van der Waals surface area contributed by atoms with Crippen LogP contribution >= 0.6 is 12.4 Å². The van der Waals surface area contributed by atoms with Gasteiger partial charge in [-0.3, -0.25) is 10.3 Å². The van der Waals surface area contributed by atoms with Crippen molar-refractivity contribution in [1.82, 2.24) is 5.32 Å². The minimum absolute atomic E-state index is 0. The van der Waals surface area contributed by atoms with Gasteiger partial charge in [0, 0.05) is 17.7 Å². The predicted octanol–water partition coefficient (Wildman–Crippen LogP) is 2.38. The van der Waals surface area contributed by atoms with Crippen molar-refractivity contribution in [2.24, 2.45) is 4.99 Å². The van der Waals surface area contributed by atoms with Gasteiger partial charge in [-0.15, -0.1) is 12.4 Å². The molecule has 0 atom stereocenters. The van der Waals surface area contributed by atoms with Gasteiger partial charge in [0.1, 0.15) is 5.66 Å². The molecule has 0 spiro atoms. The largest absolute Gasteiger partial charge is 0.288 e. The lowest BCUT2D eigenvalue weighted by Gasteiger charge is -2.39. The Kier molecular flexibility index (Phi) is 3.32. The highest BCUT2D eigenvalue weighted by Gasteiger charge is 2.31. The van der Waals surface area contributed by atoms with E-state index in [0.717, 1.165) is 6.42 Å². The van der Waals surface area contributed by atoms with E-state index in [1.165, 1.54) is 5.71 Å². The van der Waals surface area contributed by atoms with Gasteiger partial charge in [0.05, 0.1) is 0 Å². The van der Waals surface area contributed by atoms with Gasteiger partial charge in [-0.25, -0.2) is 0 Å². The summed E-state index contributed by atoms with van der Waals surface area (Å²) in [5, 5.41) is 3.47. The maximum atomic E-state index is 4.52. The lowest BCUT2D eigenvalue weighted by atomic mass is 9.93. The number of rotatable bonds is 0. The van der Waals surface area contributed by atoms with Crippen molar-refractivity contribution in [3.05, 3.63) is 0 Å². The van der Waals surface area contributed by atoms with Crippen molar-refractivity contribution in [2.45, 2.75) is 52.2 Å². The molecule has 0 aromatic carbocycles. The highest BCUT2D eigenvalue weighted by atomic mass is 35.5. The van der Waals surface area contributed by atoms with Gasteiger partial charge in [-0.1, -0.05) is 0 Å². The van der Waals surface area contributed by atoms with Gasteiger partial charge in [-0.05, 0) is 34.6 Å². The molecule has 0 saturated heterocycles. The Bertz CT molecular complexity index is 195. The van der Waals surface area contributed by atoms with E-state index in [4.69, 9.17) is 0 Å². The van der Waals surface area contributed by atoms with Crippen molar-refractivity contribution in [3.8, 4) is 0 Å². The Morgan fingerprint density at radius 1 is 1.25 bits per heavy atom. The van der Waals surface area contributed by atoms with Crippen molar-refractivity contribution < 1.29 is 0 Å². The minimum Gasteiger partial charge on any atom is -0.288 e. The third-order valence-electron chi connectivity index (χ3n) is 1.81. The van der Waals surface area contributed by atoms with E-state index in [9.17, 15) is 0 Å². The molecule has 0 aromatic heterocycles. The second-order valence-corrected chi connectivity index (χ2v) is 4.59. The van der Waals surface area contributed by atoms with E-state index in [2.05, 4.69) is 44.9 Å². The van der Waals surface area contributed by atoms with E-state index in [1.54, 1.807) is 0 Å². The van der Waals surface area contributed by atoms with Crippen LogP contribution in [0.1, 0.15) is 41.0 Å². The smallest absolute Gasteiger partial charge is 0.105 e. The second kappa shape index (κ2) is 3.35. The summed E-state index contributed by atoms with van der Waals surface area (Å²) < 4.78 is 0. The van der Waals surface area contributed by atoms with E-state index in [1.807, 2.05) is 0 Å². The first-order valence-corrected chi connectivity index (χ1v) is 4.15. The summed E-state index contributed by atoms with van der Waals surface area (Å²) in [4.78, 5) is 4.52. The van der Waals surface area contributed by atoms with Gasteiger partial charge in [0.25, 0.3) is 0 Å². The number of hydrogen-bond donors (Lipinski definition) is 1. The van der Waals surface area contributed by atoms with Crippen LogP contribution < -0.4 is 5.32 Å². The van der Waals surface area contributed by atoms with Gasteiger partial charge < -0.3 is 0 Å². The van der Waals surface area contributed by atoms with Crippen molar-refractivity contribution in [1.29, 1.82) is 0 Å². The molecule has 2 nitrogen and oxygen atoms in total. The van der Waals surface area contributed by atoms with Gasteiger partial charge in [-0.2, -0.15) is 0 Å². The Morgan fingerprint density at radius 2 is 1.75 bits per heavy atom. The summed E-state index contributed by atoms with van der Waals surface area (Å²) in [5.41, 5.74) is 1.38. The molecule has 0 bridgehead atoms. The Morgan fingerprint density at radius 3 is 2.08 bits per heavy atom. The predicted molar refractivity (Wildman–Crippen MR) is 56.3 cm³/mol. The van der Waals surface area contributed by atoms with E-state index < -0.39 is 0 Å². The monoisotopic (exact) mass is 190 g/mol. The molecule has 0 aromatic rings. The topological polar surface area (TPSA) is 24.4 Å². The molecule has 0 fully saturated rings. The molecular weight excluding hydrogens is 172 g/mol. The Hall–Kier alpha value is -0.0800. The fourth-order valence-electron chi connectivity index (χ4n) is 2.06. The van der Waals surface area contributed by atoms with Crippen LogP contribution in [-0.4, -0.2) is 16.9 Å². The quantitative estimate of drug-likeness (QED) is 0.623. The SMILES string of the molecule is CC1=NC(C)(C)NC(C)(C)C1.Cl. The third kappa shape index (κ3) is 3.11. The first kappa shape index (κ1) is 11.9. The number of halogens is 1. The van der Waals surface area contributed by atoms with Crippen LogP contribution in [0.4, 0.5) is 0 Å². The van der Waals surface area contributed by atoms with Crippen molar-refractivity contribution in [2.75, 3.05) is 0 Å². The number of nitrogens with one attached hydrogen (secondary N) is 1. The van der Waals surface area contributed by atoms with Gasteiger partial charge in [0.15, 0.2) is 0 Å². The van der Waals surface area contributed by atoms with E-state index >= 15 is 0 Å². The van der Waals surface area contributed by atoms with Crippen LogP contribution in [0, 0.1) is 0 Å². The first-order chi connectivity index (χ1) is 4.81.